The fourth-order valence-electron chi connectivity index (χ4n) is 3.85. The number of aromatic nitrogens is 1. The number of para-hydroxylation sites is 3. The minimum absolute atomic E-state index is 0.147. The number of fused-ring (bicyclic) bond motifs is 2. The fraction of sp³-hybridized carbons (Fsp3) is 0.0769. The number of esters is 1. The minimum Gasteiger partial charge on any atom is -0.452 e. The minimum atomic E-state index is -0.656. The van der Waals surface area contributed by atoms with Crippen LogP contribution in [-0.2, 0) is 14.3 Å². The van der Waals surface area contributed by atoms with Crippen molar-refractivity contribution >= 4 is 51.7 Å². The van der Waals surface area contributed by atoms with Gasteiger partial charge >= 0.3 is 5.97 Å². The van der Waals surface area contributed by atoms with Gasteiger partial charge in [-0.3, -0.25) is 14.5 Å². The van der Waals surface area contributed by atoms with E-state index >= 15 is 0 Å². The highest BCUT2D eigenvalue weighted by Gasteiger charge is 2.27. The van der Waals surface area contributed by atoms with Gasteiger partial charge in [-0.25, -0.2) is 9.78 Å². The van der Waals surface area contributed by atoms with Gasteiger partial charge in [-0.05, 0) is 36.4 Å². The van der Waals surface area contributed by atoms with Gasteiger partial charge in [0.05, 0.1) is 28.1 Å². The maximum Gasteiger partial charge on any atom is 0.339 e. The third kappa shape index (κ3) is 4.21. The predicted octanol–water partition coefficient (Wildman–Crippen LogP) is 4.70. The summed E-state index contributed by atoms with van der Waals surface area (Å²) in [7, 11) is 0. The first-order valence-corrected chi connectivity index (χ1v) is 10.9. The van der Waals surface area contributed by atoms with Crippen LogP contribution in [-0.4, -0.2) is 35.9 Å². The summed E-state index contributed by atoms with van der Waals surface area (Å²) in [6, 6.07) is 22.9. The second-order valence-corrected chi connectivity index (χ2v) is 8.14. The molecule has 1 aliphatic rings. The molecule has 3 aromatic carbocycles. The summed E-state index contributed by atoms with van der Waals surface area (Å²) in [5, 5.41) is 3.93. The van der Waals surface area contributed by atoms with Crippen molar-refractivity contribution in [3.8, 4) is 11.3 Å². The van der Waals surface area contributed by atoms with Crippen LogP contribution in [0.1, 0.15) is 10.4 Å². The van der Waals surface area contributed by atoms with Crippen molar-refractivity contribution in [2.24, 2.45) is 0 Å². The van der Waals surface area contributed by atoms with Gasteiger partial charge in [0, 0.05) is 16.0 Å². The number of carbonyl (C=O) groups excluding carboxylic acids is 3. The van der Waals surface area contributed by atoms with Crippen LogP contribution in [0.25, 0.3) is 22.2 Å². The van der Waals surface area contributed by atoms with Crippen LogP contribution in [0.2, 0.25) is 5.02 Å². The monoisotopic (exact) mass is 471 g/mol. The van der Waals surface area contributed by atoms with Crippen LogP contribution < -0.4 is 10.2 Å². The van der Waals surface area contributed by atoms with Gasteiger partial charge in [0.1, 0.15) is 6.54 Å². The molecule has 0 unspecified atom stereocenters. The molecule has 0 saturated heterocycles. The van der Waals surface area contributed by atoms with Gasteiger partial charge in [-0.2, -0.15) is 0 Å². The van der Waals surface area contributed by atoms with Crippen molar-refractivity contribution in [1.82, 2.24) is 4.98 Å². The average molecular weight is 472 g/mol. The Labute approximate surface area is 199 Å². The molecule has 0 radical (unpaired) electrons. The summed E-state index contributed by atoms with van der Waals surface area (Å²) in [4.78, 5) is 43.9. The van der Waals surface area contributed by atoms with E-state index in [0.717, 1.165) is 5.56 Å². The van der Waals surface area contributed by atoms with Crippen LogP contribution in [0.4, 0.5) is 11.4 Å². The molecular formula is C26H18ClN3O4. The summed E-state index contributed by atoms with van der Waals surface area (Å²) in [6.45, 7) is -0.653. The third-order valence-corrected chi connectivity index (χ3v) is 5.73. The molecule has 1 aromatic heterocycles. The van der Waals surface area contributed by atoms with Crippen molar-refractivity contribution in [3.63, 3.8) is 0 Å². The number of carbonyl (C=O) groups is 3. The van der Waals surface area contributed by atoms with Crippen LogP contribution in [0, 0.1) is 0 Å². The molecule has 0 bridgehead atoms. The van der Waals surface area contributed by atoms with Crippen molar-refractivity contribution in [1.29, 1.82) is 0 Å². The van der Waals surface area contributed by atoms with Crippen LogP contribution >= 0.6 is 11.6 Å². The lowest BCUT2D eigenvalue weighted by Crippen LogP contribution is -2.44. The van der Waals surface area contributed by atoms with E-state index in [-0.39, 0.29) is 12.5 Å². The zero-order chi connectivity index (χ0) is 23.7. The third-order valence-electron chi connectivity index (χ3n) is 5.47. The van der Waals surface area contributed by atoms with E-state index in [1.165, 1.54) is 4.90 Å². The van der Waals surface area contributed by atoms with Gasteiger partial charge in [-0.1, -0.05) is 54.1 Å². The Balaban J connectivity index is 1.41. The number of pyridine rings is 1. The van der Waals surface area contributed by atoms with Gasteiger partial charge in [0.2, 0.25) is 5.91 Å². The summed E-state index contributed by atoms with van der Waals surface area (Å²) in [6.07, 6.45) is 0. The molecule has 1 aliphatic heterocycles. The average Bonchev–Trinajstić information content (AvgIpc) is 2.86. The molecule has 2 heterocycles. The van der Waals surface area contributed by atoms with Gasteiger partial charge in [0.25, 0.3) is 5.91 Å². The molecular weight excluding hydrogens is 454 g/mol. The number of nitrogens with zero attached hydrogens (tertiary/aromatic N) is 2. The second-order valence-electron chi connectivity index (χ2n) is 7.70. The Bertz CT molecular complexity index is 1440. The topological polar surface area (TPSA) is 88.6 Å². The number of hydrogen-bond acceptors (Lipinski definition) is 5. The summed E-state index contributed by atoms with van der Waals surface area (Å²) in [5.41, 5.74) is 3.37. The standard InChI is InChI=1S/C26H18ClN3O4/c27-17-11-9-16(10-12-17)22-13-19(18-5-1-2-6-20(18)28-22)26(33)34-15-25(32)30-14-24(31)29-21-7-3-4-8-23(21)30/h1-13H,14-15H2,(H,29,31). The van der Waals surface area contributed by atoms with Gasteiger partial charge in [-0.15, -0.1) is 0 Å². The summed E-state index contributed by atoms with van der Waals surface area (Å²) >= 11 is 6.00. The molecule has 168 valence electrons. The van der Waals surface area contributed by atoms with Crippen molar-refractivity contribution < 1.29 is 19.1 Å². The lowest BCUT2D eigenvalue weighted by Gasteiger charge is -2.28. The molecule has 7 nitrogen and oxygen atoms in total. The maximum absolute atomic E-state index is 13.1. The SMILES string of the molecule is O=C1CN(C(=O)COC(=O)c2cc(-c3ccc(Cl)cc3)nc3ccccc23)c2ccccc2N1. The first-order valence-electron chi connectivity index (χ1n) is 10.5. The molecule has 34 heavy (non-hydrogen) atoms. The number of nitrogens with one attached hydrogen (secondary N) is 1. The van der Waals surface area contributed by atoms with Gasteiger partial charge < -0.3 is 10.1 Å². The van der Waals surface area contributed by atoms with E-state index in [0.29, 0.717) is 38.6 Å². The molecule has 0 spiro atoms. The normalized spacial score (nSPS) is 12.7. The van der Waals surface area contributed by atoms with Gasteiger partial charge in [0.15, 0.2) is 6.61 Å². The molecule has 5 rings (SSSR count). The molecule has 1 N–H and O–H groups in total. The Morgan fingerprint density at radius 1 is 1.00 bits per heavy atom. The largest absolute Gasteiger partial charge is 0.452 e. The summed E-state index contributed by atoms with van der Waals surface area (Å²) in [5.74, 6) is -1.46. The molecule has 8 heteroatoms. The quantitative estimate of drug-likeness (QED) is 0.436. The Hall–Kier alpha value is -4.23. The van der Waals surface area contributed by atoms with Crippen molar-refractivity contribution in [2.75, 3.05) is 23.4 Å². The highest BCUT2D eigenvalue weighted by Crippen LogP contribution is 2.29. The highest BCUT2D eigenvalue weighted by atomic mass is 35.5. The van der Waals surface area contributed by atoms with E-state index in [1.807, 2.05) is 18.2 Å². The smallest absolute Gasteiger partial charge is 0.339 e. The van der Waals surface area contributed by atoms with Crippen LogP contribution in [0.3, 0.4) is 0 Å². The van der Waals surface area contributed by atoms with Crippen LogP contribution in [0.15, 0.2) is 78.9 Å². The first-order chi connectivity index (χ1) is 16.5. The second kappa shape index (κ2) is 8.96. The van der Waals surface area contributed by atoms with Crippen molar-refractivity contribution in [3.05, 3.63) is 89.4 Å². The fourth-order valence-corrected chi connectivity index (χ4v) is 3.98. The molecule has 0 aliphatic carbocycles. The first kappa shape index (κ1) is 21.6. The van der Waals surface area contributed by atoms with Crippen LogP contribution in [0.5, 0.6) is 0 Å². The Morgan fingerprint density at radius 3 is 2.56 bits per heavy atom. The number of anilines is 2. The lowest BCUT2D eigenvalue weighted by molar-refractivity contribution is -0.124. The highest BCUT2D eigenvalue weighted by molar-refractivity contribution is 6.30. The lowest BCUT2D eigenvalue weighted by atomic mass is 10.0. The number of halogens is 1. The zero-order valence-corrected chi connectivity index (χ0v) is 18.6. The van der Waals surface area contributed by atoms with E-state index < -0.39 is 18.5 Å². The molecule has 2 amide bonds. The number of benzene rings is 3. The van der Waals surface area contributed by atoms with E-state index in [2.05, 4.69) is 10.3 Å². The predicted molar refractivity (Wildman–Crippen MR) is 130 cm³/mol. The number of amides is 2. The molecule has 4 aromatic rings. The number of rotatable bonds is 4. The summed E-state index contributed by atoms with van der Waals surface area (Å²) < 4.78 is 5.40. The molecule has 0 fully saturated rings. The van der Waals surface area contributed by atoms with E-state index in [9.17, 15) is 14.4 Å². The maximum atomic E-state index is 13.1. The zero-order valence-electron chi connectivity index (χ0n) is 17.8. The Kier molecular flexibility index (Phi) is 5.69. The molecule has 0 atom stereocenters. The number of ether oxygens (including phenoxy) is 1. The van der Waals surface area contributed by atoms with E-state index in [1.54, 1.807) is 60.7 Å². The number of hydrogen-bond donors (Lipinski definition) is 1. The Morgan fingerprint density at radius 2 is 1.74 bits per heavy atom. The van der Waals surface area contributed by atoms with Crippen molar-refractivity contribution in [2.45, 2.75) is 0 Å². The molecule has 0 saturated carbocycles. The van der Waals surface area contributed by atoms with E-state index in [4.69, 9.17) is 16.3 Å².